The van der Waals surface area contributed by atoms with Crippen molar-refractivity contribution in [3.63, 3.8) is 0 Å². The van der Waals surface area contributed by atoms with Crippen LogP contribution in [0.4, 0.5) is 0 Å². The van der Waals surface area contributed by atoms with Crippen LogP contribution >= 0.6 is 11.6 Å². The number of ether oxygens (including phenoxy) is 1. The van der Waals surface area contributed by atoms with E-state index in [1.165, 1.54) is 12.8 Å². The molecule has 1 aromatic carbocycles. The number of hydrogen-bond donors (Lipinski definition) is 2. The highest BCUT2D eigenvalue weighted by atomic mass is 35.5. The average molecular weight is 282 g/mol. The third-order valence-electron chi connectivity index (χ3n) is 3.59. The Kier molecular flexibility index (Phi) is 4.66. The lowest BCUT2D eigenvalue weighted by molar-refractivity contribution is 0.125. The molecule has 0 amide bonds. The van der Waals surface area contributed by atoms with Crippen LogP contribution in [0.2, 0.25) is 5.02 Å². The Bertz CT molecular complexity index is 464. The van der Waals surface area contributed by atoms with Crippen LogP contribution in [-0.4, -0.2) is 37.0 Å². The fraction of sp³-hybridized carbons (Fsp3) is 0.500. The molecule has 1 aliphatic rings. The van der Waals surface area contributed by atoms with E-state index in [1.807, 2.05) is 0 Å². The minimum Gasteiger partial charge on any atom is -0.491 e. The lowest BCUT2D eigenvalue weighted by Crippen LogP contribution is -2.40. The Morgan fingerprint density at radius 3 is 3.00 bits per heavy atom. The number of nitrogens with zero attached hydrogens (tertiary/aromatic N) is 1. The monoisotopic (exact) mass is 281 g/mol. The maximum Gasteiger partial charge on any atom is 0.131 e. The molecule has 0 aliphatic carbocycles. The van der Waals surface area contributed by atoms with E-state index in [4.69, 9.17) is 27.5 Å². The second-order valence-electron chi connectivity index (χ2n) is 5.00. The van der Waals surface area contributed by atoms with E-state index in [0.29, 0.717) is 29.0 Å². The molecule has 1 heterocycles. The van der Waals surface area contributed by atoms with Crippen molar-refractivity contribution < 1.29 is 4.74 Å². The molecule has 0 bridgehead atoms. The smallest absolute Gasteiger partial charge is 0.131 e. The number of hydrogen-bond acceptors (Lipinski definition) is 3. The van der Waals surface area contributed by atoms with Gasteiger partial charge in [-0.25, -0.2) is 0 Å². The third kappa shape index (κ3) is 3.61. The van der Waals surface area contributed by atoms with Gasteiger partial charge in [-0.1, -0.05) is 18.0 Å². The van der Waals surface area contributed by atoms with Crippen molar-refractivity contribution in [2.24, 2.45) is 5.73 Å². The van der Waals surface area contributed by atoms with Gasteiger partial charge in [-0.15, -0.1) is 0 Å². The van der Waals surface area contributed by atoms with Gasteiger partial charge in [0.2, 0.25) is 0 Å². The highest BCUT2D eigenvalue weighted by Crippen LogP contribution is 2.24. The molecule has 4 nitrogen and oxygen atoms in total. The lowest BCUT2D eigenvalue weighted by Gasteiger charge is -2.32. The van der Waals surface area contributed by atoms with Gasteiger partial charge < -0.3 is 15.4 Å². The minimum absolute atomic E-state index is 0.00339. The molecule has 1 atom stereocenters. The number of halogens is 1. The van der Waals surface area contributed by atoms with Crippen LogP contribution in [0.15, 0.2) is 18.2 Å². The Morgan fingerprint density at radius 1 is 1.53 bits per heavy atom. The van der Waals surface area contributed by atoms with Crippen LogP contribution in [0.1, 0.15) is 24.8 Å². The normalized spacial score (nSPS) is 20.2. The predicted octanol–water partition coefficient (Wildman–Crippen LogP) is 2.49. The molecule has 2 rings (SSSR count). The van der Waals surface area contributed by atoms with E-state index < -0.39 is 0 Å². The molecule has 1 unspecified atom stereocenters. The van der Waals surface area contributed by atoms with Gasteiger partial charge in [0, 0.05) is 11.1 Å². The maximum absolute atomic E-state index is 7.55. The number of benzene rings is 1. The number of likely N-dealkylation sites (tertiary alicyclic amines) is 1. The number of nitrogens with one attached hydrogen (secondary N) is 1. The highest BCUT2D eigenvalue weighted by Gasteiger charge is 2.20. The molecule has 19 heavy (non-hydrogen) atoms. The zero-order chi connectivity index (χ0) is 13.8. The molecule has 1 saturated heterocycles. The summed E-state index contributed by atoms with van der Waals surface area (Å²) in [4.78, 5) is 2.32. The van der Waals surface area contributed by atoms with Crippen molar-refractivity contribution >= 4 is 17.4 Å². The summed E-state index contributed by atoms with van der Waals surface area (Å²) in [5, 5.41) is 8.15. The van der Waals surface area contributed by atoms with Gasteiger partial charge in [-0.05, 0) is 44.6 Å². The number of piperidine rings is 1. The zero-order valence-corrected chi connectivity index (χ0v) is 11.9. The van der Waals surface area contributed by atoms with Crippen molar-refractivity contribution in [3.05, 3.63) is 28.8 Å². The molecule has 104 valence electrons. The molecule has 3 N–H and O–H groups in total. The summed E-state index contributed by atoms with van der Waals surface area (Å²) in [5.41, 5.74) is 6.15. The van der Waals surface area contributed by atoms with Crippen molar-refractivity contribution in [1.29, 1.82) is 5.41 Å². The first kappa shape index (κ1) is 14.2. The maximum atomic E-state index is 7.55. The topological polar surface area (TPSA) is 62.3 Å². The number of amidine groups is 1. The van der Waals surface area contributed by atoms with Crippen molar-refractivity contribution in [3.8, 4) is 5.75 Å². The summed E-state index contributed by atoms with van der Waals surface area (Å²) in [6.45, 7) is 1.72. The predicted molar refractivity (Wildman–Crippen MR) is 78.2 cm³/mol. The molecule has 0 spiro atoms. The van der Waals surface area contributed by atoms with Crippen LogP contribution in [0.25, 0.3) is 0 Å². The SMILES string of the molecule is CN1CCCCC1COc1cc(Cl)ccc1C(=N)N. The summed E-state index contributed by atoms with van der Waals surface area (Å²) in [6.07, 6.45) is 3.64. The lowest BCUT2D eigenvalue weighted by atomic mass is 10.0. The first-order valence-electron chi connectivity index (χ1n) is 6.55. The molecular weight excluding hydrogens is 262 g/mol. The van der Waals surface area contributed by atoms with Crippen LogP contribution < -0.4 is 10.5 Å². The molecule has 0 aromatic heterocycles. The third-order valence-corrected chi connectivity index (χ3v) is 3.82. The van der Waals surface area contributed by atoms with Gasteiger partial charge in [0.25, 0.3) is 0 Å². The van der Waals surface area contributed by atoms with Crippen LogP contribution in [0, 0.1) is 5.41 Å². The van der Waals surface area contributed by atoms with Crippen molar-refractivity contribution in [2.45, 2.75) is 25.3 Å². The summed E-state index contributed by atoms with van der Waals surface area (Å²) in [5.74, 6) is 0.600. The molecule has 0 radical (unpaired) electrons. The molecule has 0 saturated carbocycles. The fourth-order valence-corrected chi connectivity index (χ4v) is 2.54. The van der Waals surface area contributed by atoms with E-state index >= 15 is 0 Å². The first-order valence-corrected chi connectivity index (χ1v) is 6.92. The van der Waals surface area contributed by atoms with Crippen LogP contribution in [0.3, 0.4) is 0 Å². The second-order valence-corrected chi connectivity index (χ2v) is 5.43. The Hall–Kier alpha value is -1.26. The van der Waals surface area contributed by atoms with E-state index in [1.54, 1.807) is 18.2 Å². The van der Waals surface area contributed by atoms with E-state index in [2.05, 4.69) is 11.9 Å². The van der Waals surface area contributed by atoms with Gasteiger partial charge in [-0.2, -0.15) is 0 Å². The van der Waals surface area contributed by atoms with Crippen molar-refractivity contribution in [1.82, 2.24) is 4.90 Å². The number of likely N-dealkylation sites (N-methyl/N-ethyl adjacent to an activating group) is 1. The van der Waals surface area contributed by atoms with Gasteiger partial charge >= 0.3 is 0 Å². The zero-order valence-electron chi connectivity index (χ0n) is 11.2. The van der Waals surface area contributed by atoms with Crippen molar-refractivity contribution in [2.75, 3.05) is 20.2 Å². The summed E-state index contributed by atoms with van der Waals surface area (Å²) >= 11 is 5.97. The summed E-state index contributed by atoms with van der Waals surface area (Å²) < 4.78 is 5.84. The fourth-order valence-electron chi connectivity index (χ4n) is 2.38. The Labute approximate surface area is 119 Å². The van der Waals surface area contributed by atoms with Crippen LogP contribution in [0.5, 0.6) is 5.75 Å². The van der Waals surface area contributed by atoms with Gasteiger partial charge in [0.15, 0.2) is 0 Å². The number of rotatable bonds is 4. The number of nitrogens with two attached hydrogens (primary N) is 1. The Morgan fingerprint density at radius 2 is 2.32 bits per heavy atom. The average Bonchev–Trinajstić information content (AvgIpc) is 2.37. The van der Waals surface area contributed by atoms with Gasteiger partial charge in [0.05, 0.1) is 5.56 Å². The largest absolute Gasteiger partial charge is 0.491 e. The summed E-state index contributed by atoms with van der Waals surface area (Å²) in [6, 6.07) is 5.59. The van der Waals surface area contributed by atoms with Gasteiger partial charge in [-0.3, -0.25) is 5.41 Å². The van der Waals surface area contributed by atoms with E-state index in [0.717, 1.165) is 13.0 Å². The summed E-state index contributed by atoms with van der Waals surface area (Å²) in [7, 11) is 2.12. The standard InChI is InChI=1S/C14H20ClN3O/c1-18-7-3-2-4-11(18)9-19-13-8-10(15)5-6-12(13)14(16)17/h5-6,8,11H,2-4,7,9H2,1H3,(H3,16,17). The van der Waals surface area contributed by atoms with Crippen LogP contribution in [-0.2, 0) is 0 Å². The second kappa shape index (κ2) is 6.26. The molecular formula is C14H20ClN3O. The molecule has 1 fully saturated rings. The minimum atomic E-state index is 0.00339. The van der Waals surface area contributed by atoms with E-state index in [-0.39, 0.29) is 5.84 Å². The Balaban J connectivity index is 2.05. The number of nitrogen functional groups attached to an aromatic ring is 1. The molecule has 1 aromatic rings. The first-order chi connectivity index (χ1) is 9.08. The van der Waals surface area contributed by atoms with Gasteiger partial charge in [0.1, 0.15) is 18.2 Å². The molecule has 5 heteroatoms. The van der Waals surface area contributed by atoms with E-state index in [9.17, 15) is 0 Å². The molecule has 1 aliphatic heterocycles. The highest BCUT2D eigenvalue weighted by molar-refractivity contribution is 6.30. The quantitative estimate of drug-likeness (QED) is 0.658.